The Morgan fingerprint density at radius 1 is 1.42 bits per heavy atom. The van der Waals surface area contributed by atoms with E-state index in [1.165, 1.54) is 11.3 Å². The summed E-state index contributed by atoms with van der Waals surface area (Å²) < 4.78 is 0. The summed E-state index contributed by atoms with van der Waals surface area (Å²) in [5.41, 5.74) is 7.36. The third kappa shape index (κ3) is 2.76. The van der Waals surface area contributed by atoms with Gasteiger partial charge in [-0.15, -0.1) is 11.3 Å². The number of rotatable bonds is 3. The number of nitrogens with zero attached hydrogens (tertiary/aromatic N) is 1. The van der Waals surface area contributed by atoms with E-state index >= 15 is 0 Å². The number of aromatic nitrogens is 1. The minimum atomic E-state index is -0.498. The Labute approximate surface area is 116 Å². The molecule has 0 unspecified atom stereocenters. The molecule has 0 saturated heterocycles. The summed E-state index contributed by atoms with van der Waals surface area (Å²) >= 11 is 1.52. The molecule has 0 fully saturated rings. The molecular formula is C14H17N3OS. The summed E-state index contributed by atoms with van der Waals surface area (Å²) in [6.45, 7) is 5.72. The predicted octanol–water partition coefficient (Wildman–Crippen LogP) is 2.70. The third-order valence-electron chi connectivity index (χ3n) is 3.01. The van der Waals surface area contributed by atoms with Crippen LogP contribution in [-0.2, 0) is 5.54 Å². The molecule has 0 radical (unpaired) electrons. The van der Waals surface area contributed by atoms with Gasteiger partial charge in [0.25, 0.3) is 5.91 Å². The average molecular weight is 275 g/mol. The molecule has 5 heteroatoms. The fourth-order valence-electron chi connectivity index (χ4n) is 1.84. The topological polar surface area (TPSA) is 68.0 Å². The summed E-state index contributed by atoms with van der Waals surface area (Å²) in [7, 11) is 0. The van der Waals surface area contributed by atoms with Crippen LogP contribution in [0, 0.1) is 6.92 Å². The van der Waals surface area contributed by atoms with Crippen molar-refractivity contribution in [2.75, 3.05) is 5.73 Å². The third-order valence-corrected chi connectivity index (χ3v) is 4.11. The second kappa shape index (κ2) is 5.01. The van der Waals surface area contributed by atoms with Crippen LogP contribution in [0.2, 0.25) is 0 Å². The highest BCUT2D eigenvalue weighted by Gasteiger charge is 2.26. The van der Waals surface area contributed by atoms with Gasteiger partial charge in [-0.25, -0.2) is 4.98 Å². The first-order chi connectivity index (χ1) is 8.92. The maximum atomic E-state index is 12.3. The lowest BCUT2D eigenvalue weighted by molar-refractivity contribution is 0.0911. The van der Waals surface area contributed by atoms with Gasteiger partial charge in [0.05, 0.1) is 5.54 Å². The van der Waals surface area contributed by atoms with Crippen LogP contribution < -0.4 is 11.1 Å². The first kappa shape index (κ1) is 13.5. The zero-order valence-corrected chi connectivity index (χ0v) is 12.0. The Balaban J connectivity index is 2.24. The lowest BCUT2D eigenvalue weighted by atomic mass is 10.0. The van der Waals surface area contributed by atoms with Gasteiger partial charge in [0.1, 0.15) is 5.01 Å². The van der Waals surface area contributed by atoms with Crippen molar-refractivity contribution in [1.29, 1.82) is 0 Å². The van der Waals surface area contributed by atoms with Crippen molar-refractivity contribution in [3.05, 3.63) is 45.9 Å². The number of benzene rings is 1. The van der Waals surface area contributed by atoms with Crippen LogP contribution in [0.4, 0.5) is 5.69 Å². The molecule has 0 atom stereocenters. The van der Waals surface area contributed by atoms with Gasteiger partial charge in [-0.1, -0.05) is 6.07 Å². The first-order valence-corrected chi connectivity index (χ1v) is 6.87. The molecule has 19 heavy (non-hydrogen) atoms. The van der Waals surface area contributed by atoms with E-state index in [4.69, 9.17) is 5.73 Å². The molecular weight excluding hydrogens is 258 g/mol. The highest BCUT2D eigenvalue weighted by molar-refractivity contribution is 7.09. The number of nitrogens with two attached hydrogens (primary N) is 1. The van der Waals surface area contributed by atoms with E-state index in [1.807, 2.05) is 26.2 Å². The molecule has 4 nitrogen and oxygen atoms in total. The summed E-state index contributed by atoms with van der Waals surface area (Å²) in [5, 5.41) is 5.77. The first-order valence-electron chi connectivity index (χ1n) is 5.99. The van der Waals surface area contributed by atoms with Crippen LogP contribution in [0.25, 0.3) is 0 Å². The maximum Gasteiger partial charge on any atom is 0.252 e. The standard InChI is InChI=1S/C14H17N3OS/c1-9-10(5-4-6-11(9)15)12(18)17-14(2,3)13-16-7-8-19-13/h4-8H,15H2,1-3H3,(H,17,18). The van der Waals surface area contributed by atoms with Crippen molar-refractivity contribution in [2.24, 2.45) is 0 Å². The van der Waals surface area contributed by atoms with Gasteiger partial charge in [0.15, 0.2) is 0 Å². The normalized spacial score (nSPS) is 11.3. The van der Waals surface area contributed by atoms with Crippen LogP contribution in [0.5, 0.6) is 0 Å². The van der Waals surface area contributed by atoms with E-state index in [2.05, 4.69) is 10.3 Å². The van der Waals surface area contributed by atoms with Crippen molar-refractivity contribution in [1.82, 2.24) is 10.3 Å². The van der Waals surface area contributed by atoms with Crippen molar-refractivity contribution >= 4 is 22.9 Å². The summed E-state index contributed by atoms with van der Waals surface area (Å²) in [5.74, 6) is -0.134. The number of carbonyl (C=O) groups is 1. The minimum Gasteiger partial charge on any atom is -0.398 e. The summed E-state index contributed by atoms with van der Waals surface area (Å²) in [6.07, 6.45) is 1.74. The molecule has 1 aromatic heterocycles. The molecule has 2 rings (SSSR count). The number of anilines is 1. The Morgan fingerprint density at radius 3 is 2.79 bits per heavy atom. The monoisotopic (exact) mass is 275 g/mol. The predicted molar refractivity (Wildman–Crippen MR) is 78.2 cm³/mol. The molecule has 3 N–H and O–H groups in total. The number of nitrogen functional groups attached to an aromatic ring is 1. The summed E-state index contributed by atoms with van der Waals surface area (Å²) in [4.78, 5) is 16.6. The quantitative estimate of drug-likeness (QED) is 0.846. The molecule has 1 amide bonds. The molecule has 0 aliphatic carbocycles. The fraction of sp³-hybridized carbons (Fsp3) is 0.286. The fourth-order valence-corrected chi connectivity index (χ4v) is 2.55. The maximum absolute atomic E-state index is 12.3. The largest absolute Gasteiger partial charge is 0.398 e. The lowest BCUT2D eigenvalue weighted by Crippen LogP contribution is -2.41. The molecule has 0 saturated carbocycles. The molecule has 0 bridgehead atoms. The smallest absolute Gasteiger partial charge is 0.252 e. The van der Waals surface area contributed by atoms with Gasteiger partial charge >= 0.3 is 0 Å². The number of amides is 1. The average Bonchev–Trinajstić information content (AvgIpc) is 2.86. The number of carbonyl (C=O) groups excluding carboxylic acids is 1. The molecule has 0 aliphatic rings. The van der Waals surface area contributed by atoms with Crippen molar-refractivity contribution in [3.8, 4) is 0 Å². The van der Waals surface area contributed by atoms with Crippen molar-refractivity contribution in [3.63, 3.8) is 0 Å². The van der Waals surface area contributed by atoms with E-state index in [1.54, 1.807) is 24.4 Å². The van der Waals surface area contributed by atoms with Crippen molar-refractivity contribution in [2.45, 2.75) is 26.3 Å². The van der Waals surface area contributed by atoms with Gasteiger partial charge in [-0.05, 0) is 38.5 Å². The molecule has 1 heterocycles. The van der Waals surface area contributed by atoms with Crippen LogP contribution in [0.3, 0.4) is 0 Å². The molecule has 100 valence electrons. The molecule has 2 aromatic rings. The number of hydrogen-bond acceptors (Lipinski definition) is 4. The zero-order valence-electron chi connectivity index (χ0n) is 11.2. The van der Waals surface area contributed by atoms with Gasteiger partial charge < -0.3 is 11.1 Å². The van der Waals surface area contributed by atoms with Gasteiger partial charge in [-0.2, -0.15) is 0 Å². The van der Waals surface area contributed by atoms with E-state index in [0.717, 1.165) is 10.6 Å². The van der Waals surface area contributed by atoms with Gasteiger partial charge in [0, 0.05) is 22.8 Å². The van der Waals surface area contributed by atoms with Gasteiger partial charge in [0.2, 0.25) is 0 Å². The lowest BCUT2D eigenvalue weighted by Gasteiger charge is -2.24. The van der Waals surface area contributed by atoms with E-state index in [9.17, 15) is 4.79 Å². The van der Waals surface area contributed by atoms with Crippen LogP contribution in [0.1, 0.15) is 34.8 Å². The van der Waals surface area contributed by atoms with Crippen LogP contribution in [0.15, 0.2) is 29.8 Å². The van der Waals surface area contributed by atoms with Crippen molar-refractivity contribution < 1.29 is 4.79 Å². The van der Waals surface area contributed by atoms with Crippen LogP contribution >= 0.6 is 11.3 Å². The Kier molecular flexibility index (Phi) is 3.57. The Bertz CT molecular complexity index is 591. The Morgan fingerprint density at radius 2 is 2.16 bits per heavy atom. The Hall–Kier alpha value is -1.88. The highest BCUT2D eigenvalue weighted by atomic mass is 32.1. The minimum absolute atomic E-state index is 0.134. The molecule has 0 aliphatic heterocycles. The SMILES string of the molecule is Cc1c(N)cccc1C(=O)NC(C)(C)c1nccs1. The molecule has 0 spiro atoms. The van der Waals surface area contributed by atoms with Crippen LogP contribution in [-0.4, -0.2) is 10.9 Å². The van der Waals surface area contributed by atoms with E-state index < -0.39 is 5.54 Å². The summed E-state index contributed by atoms with van der Waals surface area (Å²) in [6, 6.07) is 5.35. The zero-order chi connectivity index (χ0) is 14.0. The number of thiazole rings is 1. The van der Waals surface area contributed by atoms with Gasteiger partial charge in [-0.3, -0.25) is 4.79 Å². The number of hydrogen-bond donors (Lipinski definition) is 2. The van der Waals surface area contributed by atoms with E-state index in [-0.39, 0.29) is 5.91 Å². The number of nitrogens with one attached hydrogen (secondary N) is 1. The second-order valence-electron chi connectivity index (χ2n) is 4.94. The van der Waals surface area contributed by atoms with E-state index in [0.29, 0.717) is 11.3 Å². The second-order valence-corrected chi connectivity index (χ2v) is 5.83. The molecule has 1 aromatic carbocycles. The highest BCUT2D eigenvalue weighted by Crippen LogP contribution is 2.23.